The lowest BCUT2D eigenvalue weighted by atomic mass is 9.99. The van der Waals surface area contributed by atoms with Crippen LogP contribution in [0.4, 0.5) is 5.69 Å². The van der Waals surface area contributed by atoms with Crippen molar-refractivity contribution < 1.29 is 4.79 Å². The van der Waals surface area contributed by atoms with Gasteiger partial charge in [0.05, 0.1) is 5.56 Å². The number of rotatable bonds is 2. The second-order valence-corrected chi connectivity index (χ2v) is 5.63. The van der Waals surface area contributed by atoms with Crippen LogP contribution >= 0.6 is 11.6 Å². The molecule has 4 nitrogen and oxygen atoms in total. The van der Waals surface area contributed by atoms with Gasteiger partial charge in [-0.1, -0.05) is 41.9 Å². The van der Waals surface area contributed by atoms with E-state index in [1.807, 2.05) is 23.1 Å². The van der Waals surface area contributed by atoms with E-state index in [4.69, 9.17) is 17.3 Å². The van der Waals surface area contributed by atoms with Crippen LogP contribution in [0.15, 0.2) is 42.6 Å². The van der Waals surface area contributed by atoms with Crippen molar-refractivity contribution in [3.63, 3.8) is 0 Å². The number of likely N-dealkylation sites (tertiary alicyclic amines) is 1. The zero-order valence-electron chi connectivity index (χ0n) is 11.5. The van der Waals surface area contributed by atoms with Crippen molar-refractivity contribution in [2.24, 2.45) is 0 Å². The molecule has 0 bridgehead atoms. The smallest absolute Gasteiger partial charge is 0.257 e. The number of carbonyl (C=O) groups is 1. The van der Waals surface area contributed by atoms with Crippen LogP contribution in [-0.2, 0) is 0 Å². The number of nitrogens with two attached hydrogens (primary N) is 1. The number of hydrogen-bond acceptors (Lipinski definition) is 3. The highest BCUT2D eigenvalue weighted by atomic mass is 35.5. The molecule has 0 saturated carbocycles. The first-order chi connectivity index (χ1) is 10.1. The molecule has 0 spiro atoms. The monoisotopic (exact) mass is 301 g/mol. The van der Waals surface area contributed by atoms with Gasteiger partial charge in [0.25, 0.3) is 5.91 Å². The highest BCUT2D eigenvalue weighted by Gasteiger charge is 2.28. The molecule has 1 fully saturated rings. The van der Waals surface area contributed by atoms with Gasteiger partial charge >= 0.3 is 0 Å². The van der Waals surface area contributed by atoms with Crippen LogP contribution in [0.2, 0.25) is 5.15 Å². The summed E-state index contributed by atoms with van der Waals surface area (Å²) >= 11 is 5.77. The van der Waals surface area contributed by atoms with E-state index in [0.717, 1.165) is 13.0 Å². The maximum atomic E-state index is 12.5. The van der Waals surface area contributed by atoms with E-state index in [0.29, 0.717) is 28.9 Å². The predicted octanol–water partition coefficient (Wildman–Crippen LogP) is 2.95. The van der Waals surface area contributed by atoms with Gasteiger partial charge in [-0.3, -0.25) is 4.79 Å². The number of halogens is 1. The number of benzene rings is 1. The van der Waals surface area contributed by atoms with Crippen LogP contribution in [0, 0.1) is 0 Å². The highest BCUT2D eigenvalue weighted by molar-refractivity contribution is 6.29. The molecule has 0 radical (unpaired) electrons. The molecule has 1 atom stereocenters. The zero-order valence-corrected chi connectivity index (χ0v) is 12.3. The SMILES string of the molecule is Nc1cc(Cl)ncc1C(=O)N1CCC(c2ccccc2)C1. The highest BCUT2D eigenvalue weighted by Crippen LogP contribution is 2.28. The fourth-order valence-corrected chi connectivity index (χ4v) is 2.90. The van der Waals surface area contributed by atoms with E-state index in [-0.39, 0.29) is 5.91 Å². The summed E-state index contributed by atoms with van der Waals surface area (Å²) in [5.74, 6) is 0.312. The maximum Gasteiger partial charge on any atom is 0.257 e. The minimum atomic E-state index is -0.0740. The van der Waals surface area contributed by atoms with Crippen LogP contribution in [-0.4, -0.2) is 28.9 Å². The average Bonchev–Trinajstić information content (AvgIpc) is 2.97. The third kappa shape index (κ3) is 2.85. The fraction of sp³-hybridized carbons (Fsp3) is 0.250. The van der Waals surface area contributed by atoms with Crippen LogP contribution in [0.1, 0.15) is 28.3 Å². The molecule has 0 aliphatic carbocycles. The van der Waals surface area contributed by atoms with Crippen LogP contribution in [0.3, 0.4) is 0 Å². The molecule has 2 N–H and O–H groups in total. The van der Waals surface area contributed by atoms with Crippen molar-refractivity contribution in [2.75, 3.05) is 18.8 Å². The molecule has 1 amide bonds. The van der Waals surface area contributed by atoms with Gasteiger partial charge in [0.15, 0.2) is 0 Å². The molecule has 3 rings (SSSR count). The lowest BCUT2D eigenvalue weighted by Gasteiger charge is -2.17. The first-order valence-electron chi connectivity index (χ1n) is 6.90. The molecule has 1 aromatic heterocycles. The number of hydrogen-bond donors (Lipinski definition) is 1. The van der Waals surface area contributed by atoms with Crippen molar-refractivity contribution in [1.82, 2.24) is 9.88 Å². The topological polar surface area (TPSA) is 59.2 Å². The van der Waals surface area contributed by atoms with Gasteiger partial charge in [0.2, 0.25) is 0 Å². The molecule has 1 saturated heterocycles. The molecule has 1 aliphatic rings. The largest absolute Gasteiger partial charge is 0.398 e. The van der Waals surface area contributed by atoms with Gasteiger partial charge in [-0.2, -0.15) is 0 Å². The number of aromatic nitrogens is 1. The Labute approximate surface area is 128 Å². The first-order valence-corrected chi connectivity index (χ1v) is 7.28. The van der Waals surface area contributed by atoms with Gasteiger partial charge in [0.1, 0.15) is 5.15 Å². The van der Waals surface area contributed by atoms with Gasteiger partial charge in [-0.25, -0.2) is 4.98 Å². The van der Waals surface area contributed by atoms with E-state index in [1.54, 1.807) is 0 Å². The van der Waals surface area contributed by atoms with E-state index >= 15 is 0 Å². The van der Waals surface area contributed by atoms with Gasteiger partial charge in [-0.15, -0.1) is 0 Å². The Hall–Kier alpha value is -2.07. The second-order valence-electron chi connectivity index (χ2n) is 5.24. The Bertz CT molecular complexity index is 660. The summed E-state index contributed by atoms with van der Waals surface area (Å²) in [4.78, 5) is 18.3. The molecule has 2 heterocycles. The minimum Gasteiger partial charge on any atom is -0.398 e. The Balaban J connectivity index is 1.75. The molecule has 1 unspecified atom stereocenters. The first kappa shape index (κ1) is 13.9. The van der Waals surface area contributed by atoms with Crippen molar-refractivity contribution in [3.8, 4) is 0 Å². The number of anilines is 1. The van der Waals surface area contributed by atoms with E-state index in [2.05, 4.69) is 17.1 Å². The van der Waals surface area contributed by atoms with Crippen molar-refractivity contribution in [3.05, 3.63) is 58.9 Å². The maximum absolute atomic E-state index is 12.5. The molecule has 108 valence electrons. The number of nitrogens with zero attached hydrogens (tertiary/aromatic N) is 2. The Morgan fingerprint density at radius 3 is 2.81 bits per heavy atom. The quantitative estimate of drug-likeness (QED) is 0.868. The Kier molecular flexibility index (Phi) is 3.80. The van der Waals surface area contributed by atoms with Crippen molar-refractivity contribution in [1.29, 1.82) is 0 Å². The van der Waals surface area contributed by atoms with Crippen LogP contribution in [0.5, 0.6) is 0 Å². The third-order valence-electron chi connectivity index (χ3n) is 3.88. The van der Waals surface area contributed by atoms with Crippen molar-refractivity contribution >= 4 is 23.2 Å². The number of amides is 1. The molecule has 21 heavy (non-hydrogen) atoms. The number of carbonyl (C=O) groups excluding carboxylic acids is 1. The van der Waals surface area contributed by atoms with Gasteiger partial charge in [0, 0.05) is 30.9 Å². The Morgan fingerprint density at radius 2 is 2.10 bits per heavy atom. The van der Waals surface area contributed by atoms with E-state index < -0.39 is 0 Å². The van der Waals surface area contributed by atoms with Crippen LogP contribution < -0.4 is 5.73 Å². The average molecular weight is 302 g/mol. The molecule has 1 aromatic carbocycles. The minimum absolute atomic E-state index is 0.0740. The molecular weight excluding hydrogens is 286 g/mol. The molecule has 5 heteroatoms. The van der Waals surface area contributed by atoms with E-state index in [9.17, 15) is 4.79 Å². The zero-order chi connectivity index (χ0) is 14.8. The fourth-order valence-electron chi connectivity index (χ4n) is 2.74. The van der Waals surface area contributed by atoms with Gasteiger partial charge < -0.3 is 10.6 Å². The van der Waals surface area contributed by atoms with Crippen LogP contribution in [0.25, 0.3) is 0 Å². The lowest BCUT2D eigenvalue weighted by molar-refractivity contribution is 0.0791. The molecule has 2 aromatic rings. The number of nitrogen functional groups attached to an aromatic ring is 1. The summed E-state index contributed by atoms with van der Waals surface area (Å²) in [6, 6.07) is 11.8. The summed E-state index contributed by atoms with van der Waals surface area (Å²) in [5, 5.41) is 0.299. The van der Waals surface area contributed by atoms with Crippen molar-refractivity contribution in [2.45, 2.75) is 12.3 Å². The summed E-state index contributed by atoms with van der Waals surface area (Å²) < 4.78 is 0. The predicted molar refractivity (Wildman–Crippen MR) is 83.4 cm³/mol. The molecule has 1 aliphatic heterocycles. The summed E-state index contributed by atoms with van der Waals surface area (Å²) in [5.41, 5.74) is 7.94. The normalized spacial score (nSPS) is 18.0. The standard InChI is InChI=1S/C16H16ClN3O/c17-15-8-14(18)13(9-19-15)16(21)20-7-6-12(10-20)11-4-2-1-3-5-11/h1-5,8-9,12H,6-7,10H2,(H2,18,19). The van der Waals surface area contributed by atoms with E-state index in [1.165, 1.54) is 17.8 Å². The summed E-state index contributed by atoms with van der Waals surface area (Å²) in [6.45, 7) is 1.45. The summed E-state index contributed by atoms with van der Waals surface area (Å²) in [6.07, 6.45) is 2.42. The second kappa shape index (κ2) is 5.74. The summed E-state index contributed by atoms with van der Waals surface area (Å²) in [7, 11) is 0. The third-order valence-corrected chi connectivity index (χ3v) is 4.09. The lowest BCUT2D eigenvalue weighted by Crippen LogP contribution is -2.29. The number of pyridine rings is 1. The van der Waals surface area contributed by atoms with Gasteiger partial charge in [-0.05, 0) is 18.1 Å². The molecular formula is C16H16ClN3O. The Morgan fingerprint density at radius 1 is 1.33 bits per heavy atom.